The summed E-state index contributed by atoms with van der Waals surface area (Å²) in [5.74, 6) is -0.0482. The van der Waals surface area contributed by atoms with Crippen LogP contribution in [0.1, 0.15) is 264 Å². The van der Waals surface area contributed by atoms with Crippen molar-refractivity contribution in [2.45, 2.75) is 276 Å². The van der Waals surface area contributed by atoms with Gasteiger partial charge in [0.2, 0.25) is 5.91 Å². The van der Waals surface area contributed by atoms with E-state index in [4.69, 9.17) is 4.74 Å². The lowest BCUT2D eigenvalue weighted by Crippen LogP contribution is -2.45. The Morgan fingerprint density at radius 2 is 0.873 bits per heavy atom. The first-order chi connectivity index (χ1) is 27.0. The van der Waals surface area contributed by atoms with E-state index < -0.39 is 12.1 Å². The van der Waals surface area contributed by atoms with Gasteiger partial charge in [0.05, 0.1) is 25.4 Å². The van der Waals surface area contributed by atoms with Crippen molar-refractivity contribution in [3.8, 4) is 0 Å². The summed E-state index contributed by atoms with van der Waals surface area (Å²) in [7, 11) is 0. The van der Waals surface area contributed by atoms with Gasteiger partial charge in [-0.15, -0.1) is 0 Å². The topological polar surface area (TPSA) is 95.9 Å². The minimum Gasteiger partial charge on any atom is -0.466 e. The maximum absolute atomic E-state index is 12.4. The molecule has 0 spiro atoms. The van der Waals surface area contributed by atoms with Gasteiger partial charge < -0.3 is 20.3 Å². The Morgan fingerprint density at radius 3 is 1.35 bits per heavy atom. The molecule has 0 bridgehead atoms. The van der Waals surface area contributed by atoms with E-state index in [2.05, 4.69) is 31.3 Å². The third-order valence-electron chi connectivity index (χ3n) is 11.3. The van der Waals surface area contributed by atoms with Crippen molar-refractivity contribution in [2.24, 2.45) is 0 Å². The van der Waals surface area contributed by atoms with E-state index in [0.717, 1.165) is 44.9 Å². The first-order valence-corrected chi connectivity index (χ1v) is 24.4. The molecule has 0 saturated carbocycles. The fourth-order valence-electron chi connectivity index (χ4n) is 7.50. The molecule has 326 valence electrons. The zero-order chi connectivity index (χ0) is 40.1. The Labute approximate surface area is 342 Å². The fraction of sp³-hybridized carbons (Fsp3) is 0.918. The summed E-state index contributed by atoms with van der Waals surface area (Å²) in [5, 5.41) is 23.1. The summed E-state index contributed by atoms with van der Waals surface area (Å²) >= 11 is 0. The molecule has 0 aliphatic heterocycles. The van der Waals surface area contributed by atoms with Gasteiger partial charge in [-0.3, -0.25) is 9.59 Å². The van der Waals surface area contributed by atoms with Crippen LogP contribution in [0.4, 0.5) is 0 Å². The number of unbranched alkanes of at least 4 members (excludes halogenated alkanes) is 32. The van der Waals surface area contributed by atoms with Gasteiger partial charge in [-0.25, -0.2) is 0 Å². The maximum atomic E-state index is 12.4. The number of carbonyl (C=O) groups is 2. The Kier molecular flexibility index (Phi) is 44.2. The predicted octanol–water partition coefficient (Wildman–Crippen LogP) is 14.2. The Bertz CT molecular complexity index is 817. The van der Waals surface area contributed by atoms with Gasteiger partial charge in [0, 0.05) is 12.8 Å². The third-order valence-corrected chi connectivity index (χ3v) is 11.3. The second-order valence-electron chi connectivity index (χ2n) is 16.8. The largest absolute Gasteiger partial charge is 0.466 e. The van der Waals surface area contributed by atoms with Crippen molar-refractivity contribution in [2.75, 3.05) is 13.2 Å². The smallest absolute Gasteiger partial charge is 0.305 e. The number of esters is 1. The van der Waals surface area contributed by atoms with Gasteiger partial charge in [-0.05, 0) is 44.9 Å². The molecule has 0 aromatic heterocycles. The summed E-state index contributed by atoms with van der Waals surface area (Å²) in [6.45, 7) is 4.88. The summed E-state index contributed by atoms with van der Waals surface area (Å²) in [4.78, 5) is 24.3. The SMILES string of the molecule is CCCC/C=C\CCCCCCCC(=O)OCCCCCCCCCCCCCCCCCCCC(=O)NC(CO)C(O)CCCCCCCCCCCC. The van der Waals surface area contributed by atoms with E-state index in [1.165, 1.54) is 186 Å². The molecule has 0 aliphatic carbocycles. The standard InChI is InChI=1S/C49H95NO5/c1-3-5-7-9-11-13-22-27-31-35-39-43-49(54)55-44-40-36-32-28-24-21-19-17-15-16-18-20-23-26-30-34-38-42-48(53)50-46(45-51)47(52)41-37-33-29-25-14-12-10-8-6-4-2/h9,11,46-47,51-52H,3-8,10,12-45H2,1-2H3,(H,50,53)/b11-9-. The number of aliphatic hydroxyl groups excluding tert-OH is 2. The lowest BCUT2D eigenvalue weighted by Gasteiger charge is -2.22. The molecule has 2 atom stereocenters. The molecule has 55 heavy (non-hydrogen) atoms. The fourth-order valence-corrected chi connectivity index (χ4v) is 7.50. The molecule has 6 heteroatoms. The molecular weight excluding hydrogens is 683 g/mol. The van der Waals surface area contributed by atoms with Crippen molar-refractivity contribution >= 4 is 11.9 Å². The van der Waals surface area contributed by atoms with Gasteiger partial charge in [0.25, 0.3) is 0 Å². The molecule has 0 saturated heterocycles. The van der Waals surface area contributed by atoms with Crippen molar-refractivity contribution in [1.29, 1.82) is 0 Å². The van der Waals surface area contributed by atoms with E-state index in [1.54, 1.807) is 0 Å². The van der Waals surface area contributed by atoms with Crippen molar-refractivity contribution in [1.82, 2.24) is 5.32 Å². The molecule has 0 heterocycles. The normalized spacial score (nSPS) is 12.7. The maximum Gasteiger partial charge on any atom is 0.305 e. The molecule has 0 aromatic rings. The first-order valence-electron chi connectivity index (χ1n) is 24.4. The van der Waals surface area contributed by atoms with Crippen LogP contribution < -0.4 is 5.32 Å². The van der Waals surface area contributed by atoms with Gasteiger partial charge in [0.1, 0.15) is 0 Å². The molecular formula is C49H95NO5. The molecule has 0 aliphatic rings. The summed E-state index contributed by atoms with van der Waals surface area (Å²) in [6, 6.07) is -0.542. The lowest BCUT2D eigenvalue weighted by atomic mass is 10.0. The van der Waals surface area contributed by atoms with Crippen molar-refractivity contribution < 1.29 is 24.5 Å². The number of amides is 1. The van der Waals surface area contributed by atoms with E-state index in [-0.39, 0.29) is 18.5 Å². The zero-order valence-electron chi connectivity index (χ0n) is 36.9. The van der Waals surface area contributed by atoms with E-state index in [1.807, 2.05) is 0 Å². The van der Waals surface area contributed by atoms with Crippen LogP contribution in [0.2, 0.25) is 0 Å². The number of aliphatic hydroxyl groups is 2. The number of carbonyl (C=O) groups excluding carboxylic acids is 2. The van der Waals surface area contributed by atoms with Crippen molar-refractivity contribution in [3.05, 3.63) is 12.2 Å². The highest BCUT2D eigenvalue weighted by molar-refractivity contribution is 5.76. The van der Waals surface area contributed by atoms with Crippen LogP contribution in [0.15, 0.2) is 12.2 Å². The highest BCUT2D eigenvalue weighted by Gasteiger charge is 2.20. The molecule has 0 rings (SSSR count). The third kappa shape index (κ3) is 42.0. The van der Waals surface area contributed by atoms with Gasteiger partial charge in [-0.2, -0.15) is 0 Å². The average Bonchev–Trinajstić information content (AvgIpc) is 3.18. The number of ether oxygens (including phenoxy) is 1. The minimum absolute atomic E-state index is 0.00603. The molecule has 3 N–H and O–H groups in total. The van der Waals surface area contributed by atoms with Crippen LogP contribution in [0.5, 0.6) is 0 Å². The first kappa shape index (κ1) is 53.6. The van der Waals surface area contributed by atoms with Crippen molar-refractivity contribution in [3.63, 3.8) is 0 Å². The number of rotatable bonds is 45. The Balaban J connectivity index is 3.40. The second kappa shape index (κ2) is 45.3. The molecule has 2 unspecified atom stereocenters. The van der Waals surface area contributed by atoms with E-state index >= 15 is 0 Å². The number of nitrogens with one attached hydrogen (secondary N) is 1. The van der Waals surface area contributed by atoms with Crippen LogP contribution in [-0.4, -0.2) is 47.4 Å². The molecule has 6 nitrogen and oxygen atoms in total. The highest BCUT2D eigenvalue weighted by atomic mass is 16.5. The number of hydrogen-bond donors (Lipinski definition) is 3. The van der Waals surface area contributed by atoms with Gasteiger partial charge in [0.15, 0.2) is 0 Å². The van der Waals surface area contributed by atoms with Crippen LogP contribution in [-0.2, 0) is 14.3 Å². The van der Waals surface area contributed by atoms with Crippen LogP contribution in [0, 0.1) is 0 Å². The minimum atomic E-state index is -0.665. The average molecular weight is 778 g/mol. The highest BCUT2D eigenvalue weighted by Crippen LogP contribution is 2.16. The quantitative estimate of drug-likeness (QED) is 0.0325. The number of allylic oxidation sites excluding steroid dienone is 2. The molecule has 1 amide bonds. The van der Waals surface area contributed by atoms with E-state index in [9.17, 15) is 19.8 Å². The Morgan fingerprint density at radius 1 is 0.491 bits per heavy atom. The van der Waals surface area contributed by atoms with E-state index in [0.29, 0.717) is 25.9 Å². The Hall–Kier alpha value is -1.40. The molecule has 0 fully saturated rings. The molecule has 0 aromatic carbocycles. The summed E-state index contributed by atoms with van der Waals surface area (Å²) in [6.07, 6.45) is 50.3. The summed E-state index contributed by atoms with van der Waals surface area (Å²) in [5.41, 5.74) is 0. The molecule has 0 radical (unpaired) electrons. The zero-order valence-corrected chi connectivity index (χ0v) is 36.9. The van der Waals surface area contributed by atoms with Gasteiger partial charge >= 0.3 is 5.97 Å². The van der Waals surface area contributed by atoms with Crippen LogP contribution in [0.25, 0.3) is 0 Å². The summed E-state index contributed by atoms with van der Waals surface area (Å²) < 4.78 is 5.44. The monoisotopic (exact) mass is 778 g/mol. The van der Waals surface area contributed by atoms with Crippen LogP contribution in [0.3, 0.4) is 0 Å². The second-order valence-corrected chi connectivity index (χ2v) is 16.8. The number of hydrogen-bond acceptors (Lipinski definition) is 5. The predicted molar refractivity (Wildman–Crippen MR) is 237 cm³/mol. The van der Waals surface area contributed by atoms with Crippen LogP contribution >= 0.6 is 0 Å². The lowest BCUT2D eigenvalue weighted by molar-refractivity contribution is -0.143. The van der Waals surface area contributed by atoms with Gasteiger partial charge in [-0.1, -0.05) is 219 Å².